The van der Waals surface area contributed by atoms with E-state index in [0.29, 0.717) is 11.4 Å². The van der Waals surface area contributed by atoms with Crippen molar-refractivity contribution in [2.45, 2.75) is 43.8 Å². The standard InChI is InChI=1S/C11H19N3O2S/c1-3-14-8-11(6-10(14)7-12)17(15,16)13(2)9-4-5-9/h6,8-9H,3-5,7,12H2,1-2H3. The lowest BCUT2D eigenvalue weighted by molar-refractivity contribution is 0.464. The van der Waals surface area contributed by atoms with Gasteiger partial charge in [0.2, 0.25) is 10.0 Å². The van der Waals surface area contributed by atoms with Crippen molar-refractivity contribution in [2.75, 3.05) is 7.05 Å². The monoisotopic (exact) mass is 257 g/mol. The van der Waals surface area contributed by atoms with Crippen LogP contribution in [0.3, 0.4) is 0 Å². The van der Waals surface area contributed by atoms with Gasteiger partial charge in [0, 0.05) is 38.1 Å². The number of hydrogen-bond acceptors (Lipinski definition) is 3. The van der Waals surface area contributed by atoms with E-state index >= 15 is 0 Å². The summed E-state index contributed by atoms with van der Waals surface area (Å²) in [5.74, 6) is 0. The lowest BCUT2D eigenvalue weighted by atomic mass is 10.4. The Hall–Kier alpha value is -0.850. The third-order valence-corrected chi connectivity index (χ3v) is 5.12. The zero-order chi connectivity index (χ0) is 12.6. The predicted octanol–water partition coefficient (Wildman–Crippen LogP) is 0.750. The highest BCUT2D eigenvalue weighted by molar-refractivity contribution is 7.89. The number of hydrogen-bond donors (Lipinski definition) is 1. The molecule has 2 rings (SSSR count). The second-order valence-electron chi connectivity index (χ2n) is 4.41. The smallest absolute Gasteiger partial charge is 0.244 e. The second-order valence-corrected chi connectivity index (χ2v) is 6.41. The first kappa shape index (κ1) is 12.6. The molecule has 1 aliphatic rings. The molecule has 0 radical (unpaired) electrons. The molecule has 0 aliphatic heterocycles. The summed E-state index contributed by atoms with van der Waals surface area (Å²) in [6.45, 7) is 3.06. The highest BCUT2D eigenvalue weighted by Crippen LogP contribution is 2.30. The van der Waals surface area contributed by atoms with Crippen molar-refractivity contribution in [3.8, 4) is 0 Å². The Labute approximate surface area is 102 Å². The van der Waals surface area contributed by atoms with Crippen LogP contribution in [0.1, 0.15) is 25.5 Å². The first-order valence-electron chi connectivity index (χ1n) is 5.87. The molecule has 0 aromatic carbocycles. The minimum atomic E-state index is -3.34. The van der Waals surface area contributed by atoms with E-state index in [1.165, 1.54) is 4.31 Å². The SMILES string of the molecule is CCn1cc(S(=O)(=O)N(C)C2CC2)cc1CN. The van der Waals surface area contributed by atoms with Gasteiger partial charge >= 0.3 is 0 Å². The number of rotatable bonds is 5. The molecule has 17 heavy (non-hydrogen) atoms. The number of aryl methyl sites for hydroxylation is 1. The van der Waals surface area contributed by atoms with Gasteiger partial charge in [0.25, 0.3) is 0 Å². The van der Waals surface area contributed by atoms with E-state index in [1.54, 1.807) is 19.3 Å². The number of aromatic nitrogens is 1. The van der Waals surface area contributed by atoms with Gasteiger partial charge in [-0.2, -0.15) is 4.31 Å². The lowest BCUT2D eigenvalue weighted by Gasteiger charge is -2.14. The normalized spacial score (nSPS) is 16.7. The minimum Gasteiger partial charge on any atom is -0.349 e. The lowest BCUT2D eigenvalue weighted by Crippen LogP contribution is -2.28. The largest absolute Gasteiger partial charge is 0.349 e. The van der Waals surface area contributed by atoms with E-state index in [0.717, 1.165) is 25.1 Å². The second kappa shape index (κ2) is 4.44. The van der Waals surface area contributed by atoms with Gasteiger partial charge in [-0.3, -0.25) is 0 Å². The molecule has 2 N–H and O–H groups in total. The van der Waals surface area contributed by atoms with Crippen LogP contribution in [-0.2, 0) is 23.1 Å². The highest BCUT2D eigenvalue weighted by Gasteiger charge is 2.35. The molecule has 0 amide bonds. The molecule has 1 fully saturated rings. The molecular weight excluding hydrogens is 238 g/mol. The molecule has 6 heteroatoms. The summed E-state index contributed by atoms with van der Waals surface area (Å²) < 4.78 is 27.9. The molecule has 1 aromatic rings. The van der Waals surface area contributed by atoms with E-state index in [4.69, 9.17) is 5.73 Å². The molecule has 0 unspecified atom stereocenters. The summed E-state index contributed by atoms with van der Waals surface area (Å²) in [4.78, 5) is 0.356. The van der Waals surface area contributed by atoms with Crippen molar-refractivity contribution >= 4 is 10.0 Å². The maximum absolute atomic E-state index is 12.3. The van der Waals surface area contributed by atoms with Gasteiger partial charge in [-0.15, -0.1) is 0 Å². The first-order chi connectivity index (χ1) is 8.00. The fourth-order valence-electron chi connectivity index (χ4n) is 1.93. The zero-order valence-corrected chi connectivity index (χ0v) is 11.1. The molecular formula is C11H19N3O2S. The fourth-order valence-corrected chi connectivity index (χ4v) is 3.41. The van der Waals surface area contributed by atoms with E-state index in [2.05, 4.69) is 0 Å². The van der Waals surface area contributed by atoms with Gasteiger partial charge in [0.15, 0.2) is 0 Å². The first-order valence-corrected chi connectivity index (χ1v) is 7.31. The molecule has 1 aliphatic carbocycles. The van der Waals surface area contributed by atoms with Crippen LogP contribution in [0.4, 0.5) is 0 Å². The summed E-state index contributed by atoms with van der Waals surface area (Å²) >= 11 is 0. The highest BCUT2D eigenvalue weighted by atomic mass is 32.2. The Morgan fingerprint density at radius 3 is 2.59 bits per heavy atom. The third kappa shape index (κ3) is 2.25. The molecule has 1 aromatic heterocycles. The molecule has 0 atom stereocenters. The Balaban J connectivity index is 2.35. The van der Waals surface area contributed by atoms with E-state index in [9.17, 15) is 8.42 Å². The minimum absolute atomic E-state index is 0.186. The van der Waals surface area contributed by atoms with Crippen LogP contribution in [0.2, 0.25) is 0 Å². The molecule has 0 saturated heterocycles. The Kier molecular flexibility index (Phi) is 3.29. The quantitative estimate of drug-likeness (QED) is 0.846. The maximum atomic E-state index is 12.3. The van der Waals surface area contributed by atoms with E-state index in [-0.39, 0.29) is 6.04 Å². The molecule has 5 nitrogen and oxygen atoms in total. The van der Waals surface area contributed by atoms with Crippen LogP contribution in [0.5, 0.6) is 0 Å². The van der Waals surface area contributed by atoms with Crippen LogP contribution < -0.4 is 5.73 Å². The Bertz CT molecular complexity index is 481. The van der Waals surface area contributed by atoms with Crippen molar-refractivity contribution < 1.29 is 8.42 Å². The Morgan fingerprint density at radius 1 is 1.53 bits per heavy atom. The number of sulfonamides is 1. The topological polar surface area (TPSA) is 68.3 Å². The van der Waals surface area contributed by atoms with Crippen molar-refractivity contribution in [1.29, 1.82) is 0 Å². The van der Waals surface area contributed by atoms with Gasteiger partial charge in [-0.1, -0.05) is 0 Å². The predicted molar refractivity (Wildman–Crippen MR) is 66.0 cm³/mol. The number of nitrogens with two attached hydrogens (primary N) is 1. The van der Waals surface area contributed by atoms with Crippen LogP contribution >= 0.6 is 0 Å². The molecule has 0 bridgehead atoms. The van der Waals surface area contributed by atoms with Gasteiger partial charge in [0.1, 0.15) is 4.90 Å². The molecule has 1 heterocycles. The molecule has 1 saturated carbocycles. The third-order valence-electron chi connectivity index (χ3n) is 3.25. The van der Waals surface area contributed by atoms with Crippen LogP contribution in [0.25, 0.3) is 0 Å². The van der Waals surface area contributed by atoms with Crippen LogP contribution in [0.15, 0.2) is 17.2 Å². The fraction of sp³-hybridized carbons (Fsp3) is 0.636. The van der Waals surface area contributed by atoms with Gasteiger partial charge in [-0.05, 0) is 25.8 Å². The van der Waals surface area contributed by atoms with Gasteiger partial charge in [-0.25, -0.2) is 8.42 Å². The summed E-state index contributed by atoms with van der Waals surface area (Å²) in [6, 6.07) is 1.86. The molecule has 0 spiro atoms. The zero-order valence-electron chi connectivity index (χ0n) is 10.3. The number of nitrogens with zero attached hydrogens (tertiary/aromatic N) is 2. The van der Waals surface area contributed by atoms with E-state index < -0.39 is 10.0 Å². The van der Waals surface area contributed by atoms with Crippen LogP contribution in [-0.4, -0.2) is 30.4 Å². The summed E-state index contributed by atoms with van der Waals surface area (Å²) in [5.41, 5.74) is 6.46. The van der Waals surface area contributed by atoms with Crippen molar-refractivity contribution in [3.05, 3.63) is 18.0 Å². The van der Waals surface area contributed by atoms with Crippen LogP contribution in [0, 0.1) is 0 Å². The average Bonchev–Trinajstić information content (AvgIpc) is 3.06. The van der Waals surface area contributed by atoms with Gasteiger partial charge in [0.05, 0.1) is 0 Å². The van der Waals surface area contributed by atoms with Crippen molar-refractivity contribution in [2.24, 2.45) is 5.73 Å². The van der Waals surface area contributed by atoms with Crippen molar-refractivity contribution in [1.82, 2.24) is 8.87 Å². The van der Waals surface area contributed by atoms with Gasteiger partial charge < -0.3 is 10.3 Å². The molecule has 96 valence electrons. The summed E-state index contributed by atoms with van der Waals surface area (Å²) in [5, 5.41) is 0. The summed E-state index contributed by atoms with van der Waals surface area (Å²) in [6.07, 6.45) is 3.61. The van der Waals surface area contributed by atoms with Crippen molar-refractivity contribution in [3.63, 3.8) is 0 Å². The van der Waals surface area contributed by atoms with E-state index in [1.807, 2.05) is 11.5 Å². The Morgan fingerprint density at radius 2 is 2.18 bits per heavy atom. The summed E-state index contributed by atoms with van der Waals surface area (Å²) in [7, 11) is -1.69. The maximum Gasteiger partial charge on any atom is 0.244 e. The average molecular weight is 257 g/mol.